The molecule has 2 fully saturated rings. The second-order valence-electron chi connectivity index (χ2n) is 7.90. The van der Waals surface area contributed by atoms with Crippen molar-refractivity contribution < 1.29 is 33.8 Å². The minimum Gasteiger partial charge on any atom is -0.490 e. The van der Waals surface area contributed by atoms with E-state index < -0.39 is 30.4 Å². The predicted octanol–water partition coefficient (Wildman–Crippen LogP) is 3.07. The quantitative estimate of drug-likeness (QED) is 0.333. The number of nitrogens with one attached hydrogen (secondary N) is 1. The Morgan fingerprint density at radius 1 is 1.21 bits per heavy atom. The molecule has 1 aliphatic carbocycles. The van der Waals surface area contributed by atoms with Crippen LogP contribution in [0.5, 0.6) is 11.5 Å². The number of nitrogens with zero attached hydrogens (tertiary/aromatic N) is 1. The molecule has 1 saturated carbocycles. The Hall–Kier alpha value is -3.62. The Morgan fingerprint density at radius 2 is 1.94 bits per heavy atom. The van der Waals surface area contributed by atoms with Crippen molar-refractivity contribution in [1.29, 1.82) is 0 Å². The molecule has 0 spiro atoms. The van der Waals surface area contributed by atoms with Crippen LogP contribution < -0.4 is 14.8 Å². The maximum atomic E-state index is 13.2. The third-order valence-corrected chi connectivity index (χ3v) is 5.54. The van der Waals surface area contributed by atoms with E-state index in [1.807, 2.05) is 0 Å². The number of carbonyl (C=O) groups is 4. The molecule has 0 aromatic heterocycles. The number of benzene rings is 1. The number of allylic oxidation sites excluding steroid dienone is 1. The number of rotatable bonds is 9. The summed E-state index contributed by atoms with van der Waals surface area (Å²) < 4.78 is 11.1. The van der Waals surface area contributed by atoms with E-state index in [1.54, 1.807) is 25.1 Å². The number of aliphatic carboxylic acids is 1. The number of hydrogen-bond acceptors (Lipinski definition) is 6. The zero-order valence-corrected chi connectivity index (χ0v) is 18.6. The Kier molecular flexibility index (Phi) is 7.87. The lowest BCUT2D eigenvalue weighted by Gasteiger charge is -2.35. The standard InChI is InChI=1S/C24H28N2O7/c1-3-8-16-11-15(13-19(32-4-2)21(16)33-14-20(27)28)12-18-22(29)25-24(31)26(23(18)30)17-9-6-5-7-10-17/h3,11-13,17H,1,4-10,14H2,2H3,(H,27,28)(H,25,29,31). The van der Waals surface area contributed by atoms with Crippen LogP contribution in [0.15, 0.2) is 30.4 Å². The van der Waals surface area contributed by atoms with E-state index in [0.717, 1.165) is 24.2 Å². The summed E-state index contributed by atoms with van der Waals surface area (Å²) >= 11 is 0. The molecule has 33 heavy (non-hydrogen) atoms. The lowest BCUT2D eigenvalue weighted by atomic mass is 9.93. The molecular weight excluding hydrogens is 428 g/mol. The first kappa shape index (κ1) is 24.0. The third-order valence-electron chi connectivity index (χ3n) is 5.54. The number of urea groups is 1. The fourth-order valence-electron chi connectivity index (χ4n) is 4.14. The second-order valence-corrected chi connectivity index (χ2v) is 7.90. The summed E-state index contributed by atoms with van der Waals surface area (Å²) in [5.74, 6) is -1.96. The minimum atomic E-state index is -1.13. The molecule has 1 heterocycles. The molecule has 1 aromatic carbocycles. The van der Waals surface area contributed by atoms with E-state index >= 15 is 0 Å². The van der Waals surface area contributed by atoms with Gasteiger partial charge in [0.25, 0.3) is 11.8 Å². The summed E-state index contributed by atoms with van der Waals surface area (Å²) in [7, 11) is 0. The van der Waals surface area contributed by atoms with Gasteiger partial charge < -0.3 is 14.6 Å². The molecule has 4 amide bonds. The summed E-state index contributed by atoms with van der Waals surface area (Å²) in [6.07, 6.45) is 7.73. The molecule has 1 aromatic rings. The van der Waals surface area contributed by atoms with Crippen LogP contribution >= 0.6 is 0 Å². The van der Waals surface area contributed by atoms with Crippen molar-refractivity contribution in [3.05, 3.63) is 41.5 Å². The van der Waals surface area contributed by atoms with E-state index in [2.05, 4.69) is 11.9 Å². The summed E-state index contributed by atoms with van der Waals surface area (Å²) in [5, 5.41) is 11.3. The Morgan fingerprint density at radius 3 is 2.58 bits per heavy atom. The Labute approximate surface area is 192 Å². The van der Waals surface area contributed by atoms with E-state index in [-0.39, 0.29) is 23.1 Å². The Balaban J connectivity index is 2.01. The van der Waals surface area contributed by atoms with Crippen LogP contribution in [-0.4, -0.2) is 53.1 Å². The predicted molar refractivity (Wildman–Crippen MR) is 120 cm³/mol. The van der Waals surface area contributed by atoms with Crippen molar-refractivity contribution in [2.24, 2.45) is 0 Å². The van der Waals surface area contributed by atoms with Crippen LogP contribution in [0.2, 0.25) is 0 Å². The van der Waals surface area contributed by atoms with Crippen molar-refractivity contribution in [3.63, 3.8) is 0 Å². The summed E-state index contributed by atoms with van der Waals surface area (Å²) in [5.41, 5.74) is 0.925. The average Bonchev–Trinajstić information content (AvgIpc) is 2.77. The molecule has 0 atom stereocenters. The Bertz CT molecular complexity index is 993. The maximum Gasteiger partial charge on any atom is 0.341 e. The highest BCUT2D eigenvalue weighted by molar-refractivity contribution is 6.31. The average molecular weight is 456 g/mol. The highest BCUT2D eigenvalue weighted by Gasteiger charge is 2.40. The van der Waals surface area contributed by atoms with Crippen LogP contribution in [0.1, 0.15) is 50.2 Å². The minimum absolute atomic E-state index is 0.147. The molecule has 9 heteroatoms. The van der Waals surface area contributed by atoms with Crippen molar-refractivity contribution in [3.8, 4) is 11.5 Å². The van der Waals surface area contributed by atoms with Crippen LogP contribution in [0.25, 0.3) is 6.08 Å². The SMILES string of the molecule is C=CCc1cc(C=C2C(=O)NC(=O)N(C3CCCCC3)C2=O)cc(OCC)c1OCC(=O)O. The van der Waals surface area contributed by atoms with Gasteiger partial charge in [-0.15, -0.1) is 6.58 Å². The van der Waals surface area contributed by atoms with E-state index in [0.29, 0.717) is 37.0 Å². The molecule has 1 aliphatic heterocycles. The van der Waals surface area contributed by atoms with E-state index in [4.69, 9.17) is 14.6 Å². The molecule has 9 nitrogen and oxygen atoms in total. The van der Waals surface area contributed by atoms with Crippen LogP contribution in [0, 0.1) is 0 Å². The van der Waals surface area contributed by atoms with E-state index in [1.165, 1.54) is 6.08 Å². The van der Waals surface area contributed by atoms with Gasteiger partial charge in [-0.2, -0.15) is 0 Å². The van der Waals surface area contributed by atoms with Gasteiger partial charge in [-0.3, -0.25) is 19.8 Å². The van der Waals surface area contributed by atoms with Crippen molar-refractivity contribution in [1.82, 2.24) is 10.2 Å². The van der Waals surface area contributed by atoms with Crippen molar-refractivity contribution in [2.45, 2.75) is 51.5 Å². The van der Waals surface area contributed by atoms with Crippen molar-refractivity contribution in [2.75, 3.05) is 13.2 Å². The number of carbonyl (C=O) groups excluding carboxylic acids is 3. The van der Waals surface area contributed by atoms with Gasteiger partial charge in [0.2, 0.25) is 0 Å². The fraction of sp³-hybridized carbons (Fsp3) is 0.417. The van der Waals surface area contributed by atoms with Crippen LogP contribution in [0.4, 0.5) is 4.79 Å². The van der Waals surface area contributed by atoms with Crippen LogP contribution in [-0.2, 0) is 20.8 Å². The van der Waals surface area contributed by atoms with Crippen LogP contribution in [0.3, 0.4) is 0 Å². The molecule has 3 rings (SSSR count). The van der Waals surface area contributed by atoms with E-state index in [9.17, 15) is 19.2 Å². The third kappa shape index (κ3) is 5.60. The number of carboxylic acid groups (broad SMARTS) is 1. The van der Waals surface area contributed by atoms with Crippen molar-refractivity contribution >= 4 is 29.9 Å². The van der Waals surface area contributed by atoms with Gasteiger partial charge in [-0.05, 0) is 50.0 Å². The zero-order valence-electron chi connectivity index (χ0n) is 18.6. The van der Waals surface area contributed by atoms with Gasteiger partial charge in [-0.25, -0.2) is 9.59 Å². The summed E-state index contributed by atoms with van der Waals surface area (Å²) in [4.78, 5) is 50.2. The first-order valence-electron chi connectivity index (χ1n) is 11.0. The number of barbiturate groups is 1. The number of hydrogen-bond donors (Lipinski definition) is 2. The first-order valence-corrected chi connectivity index (χ1v) is 11.0. The molecule has 1 saturated heterocycles. The fourth-order valence-corrected chi connectivity index (χ4v) is 4.14. The summed E-state index contributed by atoms with van der Waals surface area (Å²) in [6, 6.07) is 2.33. The highest BCUT2D eigenvalue weighted by atomic mass is 16.5. The summed E-state index contributed by atoms with van der Waals surface area (Å²) in [6.45, 7) is 5.23. The number of amides is 4. The smallest absolute Gasteiger partial charge is 0.341 e. The van der Waals surface area contributed by atoms with Gasteiger partial charge >= 0.3 is 12.0 Å². The number of imide groups is 2. The lowest BCUT2D eigenvalue weighted by molar-refractivity contribution is -0.139. The molecule has 0 unspecified atom stereocenters. The van der Waals surface area contributed by atoms with Gasteiger partial charge in [0.15, 0.2) is 18.1 Å². The van der Waals surface area contributed by atoms with Gasteiger partial charge in [0.05, 0.1) is 6.61 Å². The highest BCUT2D eigenvalue weighted by Crippen LogP contribution is 2.35. The first-order chi connectivity index (χ1) is 15.8. The molecule has 0 radical (unpaired) electrons. The van der Waals surface area contributed by atoms with Gasteiger partial charge in [0, 0.05) is 11.6 Å². The number of carboxylic acids is 1. The molecule has 2 aliphatic rings. The zero-order chi connectivity index (χ0) is 24.0. The molecule has 176 valence electrons. The molecule has 0 bridgehead atoms. The molecular formula is C24H28N2O7. The lowest BCUT2D eigenvalue weighted by Crippen LogP contribution is -2.58. The monoisotopic (exact) mass is 456 g/mol. The second kappa shape index (κ2) is 10.8. The van der Waals surface area contributed by atoms with Gasteiger partial charge in [-0.1, -0.05) is 25.3 Å². The topological polar surface area (TPSA) is 122 Å². The number of ether oxygens (including phenoxy) is 2. The largest absolute Gasteiger partial charge is 0.490 e. The van der Waals surface area contributed by atoms with Gasteiger partial charge in [0.1, 0.15) is 5.57 Å². The molecule has 2 N–H and O–H groups in total. The maximum absolute atomic E-state index is 13.2. The normalized spacial score (nSPS) is 18.3.